The third-order valence-electron chi connectivity index (χ3n) is 5.58. The lowest BCUT2D eigenvalue weighted by atomic mass is 10.0. The number of carbonyl (C=O) groups is 3. The number of carboxylic acids is 1. The van der Waals surface area contributed by atoms with Gasteiger partial charge in [-0.25, -0.2) is 4.98 Å². The van der Waals surface area contributed by atoms with E-state index < -0.39 is 24.6 Å². The lowest BCUT2D eigenvalue weighted by Gasteiger charge is -2.22. The van der Waals surface area contributed by atoms with Gasteiger partial charge < -0.3 is 28.8 Å². The Hall–Kier alpha value is -3.92. The van der Waals surface area contributed by atoms with Crippen LogP contribution in [-0.4, -0.2) is 82.3 Å². The van der Waals surface area contributed by atoms with Gasteiger partial charge in [-0.05, 0) is 30.4 Å². The number of carbonyl (C=O) groups excluding carboxylic acids is 2. The summed E-state index contributed by atoms with van der Waals surface area (Å²) in [6.45, 7) is 2.76. The van der Waals surface area contributed by atoms with Gasteiger partial charge in [0.25, 0.3) is 11.1 Å². The molecular formula is C25H26ClN5O9S. The molecule has 4 heterocycles. The Balaban J connectivity index is 1.66. The van der Waals surface area contributed by atoms with Gasteiger partial charge in [0.05, 0.1) is 51.5 Å². The van der Waals surface area contributed by atoms with Crippen LogP contribution >= 0.6 is 22.9 Å². The topological polar surface area (TPSA) is 174 Å². The maximum absolute atomic E-state index is 13.5. The lowest BCUT2D eigenvalue weighted by Crippen LogP contribution is -2.33. The molecule has 1 atom stereocenters. The summed E-state index contributed by atoms with van der Waals surface area (Å²) in [5, 5.41) is 13.4. The number of carboxylic acid groups (broad SMARTS) is 1. The predicted octanol–water partition coefficient (Wildman–Crippen LogP) is 2.27. The van der Waals surface area contributed by atoms with E-state index in [1.165, 1.54) is 24.2 Å². The maximum Gasteiger partial charge on any atom is 0.308 e. The highest BCUT2D eigenvalue weighted by molar-refractivity contribution is 7.10. The summed E-state index contributed by atoms with van der Waals surface area (Å²) in [5.74, 6) is -2.18. The van der Waals surface area contributed by atoms with Crippen molar-refractivity contribution >= 4 is 40.8 Å². The highest BCUT2D eigenvalue weighted by Crippen LogP contribution is 2.34. The Bertz CT molecular complexity index is 1490. The zero-order chi connectivity index (χ0) is 29.4. The summed E-state index contributed by atoms with van der Waals surface area (Å²) in [6.07, 6.45) is 1.81. The van der Waals surface area contributed by atoms with Gasteiger partial charge in [-0.1, -0.05) is 11.6 Å². The molecule has 0 spiro atoms. The summed E-state index contributed by atoms with van der Waals surface area (Å²) in [4.78, 5) is 48.8. The fraction of sp³-hybridized carbons (Fsp3) is 0.400. The Kier molecular flexibility index (Phi) is 10.3. The van der Waals surface area contributed by atoms with E-state index in [9.17, 15) is 14.4 Å². The van der Waals surface area contributed by atoms with E-state index in [1.807, 2.05) is 0 Å². The van der Waals surface area contributed by atoms with E-state index in [4.69, 9.17) is 40.4 Å². The first-order chi connectivity index (χ1) is 19.7. The molecule has 1 amide bonds. The summed E-state index contributed by atoms with van der Waals surface area (Å²) < 4.78 is 28.4. The lowest BCUT2D eigenvalue weighted by molar-refractivity contribution is -0.151. The molecule has 16 heteroatoms. The van der Waals surface area contributed by atoms with Gasteiger partial charge in [0, 0.05) is 23.0 Å². The second-order valence-electron chi connectivity index (χ2n) is 8.56. The van der Waals surface area contributed by atoms with Crippen molar-refractivity contribution in [2.45, 2.75) is 32.6 Å². The van der Waals surface area contributed by atoms with Crippen LogP contribution in [0.15, 0.2) is 29.5 Å². The van der Waals surface area contributed by atoms with Crippen molar-refractivity contribution in [3.8, 4) is 22.1 Å². The second kappa shape index (κ2) is 14.1. The fourth-order valence-electron chi connectivity index (χ4n) is 3.62. The van der Waals surface area contributed by atoms with Crippen molar-refractivity contribution in [3.05, 3.63) is 45.7 Å². The number of hydrogen-bond acceptors (Lipinski definition) is 12. The number of pyridine rings is 2. The Morgan fingerprint density at radius 1 is 1.20 bits per heavy atom. The zero-order valence-electron chi connectivity index (χ0n) is 22.1. The van der Waals surface area contributed by atoms with E-state index in [2.05, 4.69) is 20.1 Å². The van der Waals surface area contributed by atoms with Crippen LogP contribution in [0, 0.1) is 6.92 Å². The number of methoxy groups -OCH3 is 1. The molecule has 1 N–H and O–H groups in total. The smallest absolute Gasteiger partial charge is 0.308 e. The normalized spacial score (nSPS) is 15.4. The Morgan fingerprint density at radius 3 is 2.76 bits per heavy atom. The van der Waals surface area contributed by atoms with Crippen LogP contribution < -0.4 is 14.3 Å². The molecule has 0 aliphatic carbocycles. The molecule has 41 heavy (non-hydrogen) atoms. The van der Waals surface area contributed by atoms with Gasteiger partial charge in [0.2, 0.25) is 4.80 Å². The van der Waals surface area contributed by atoms with Gasteiger partial charge in [0.1, 0.15) is 23.6 Å². The van der Waals surface area contributed by atoms with Crippen molar-refractivity contribution in [1.82, 2.24) is 19.7 Å². The molecule has 4 rings (SSSR count). The molecule has 0 bridgehead atoms. The number of aromatic nitrogens is 4. The van der Waals surface area contributed by atoms with E-state index in [1.54, 1.807) is 19.1 Å². The molecule has 0 radical (unpaired) electrons. The number of esters is 1. The van der Waals surface area contributed by atoms with Crippen LogP contribution in [0.2, 0.25) is 5.15 Å². The van der Waals surface area contributed by atoms with Crippen molar-refractivity contribution in [2.75, 3.05) is 33.5 Å². The third-order valence-corrected chi connectivity index (χ3v) is 6.65. The van der Waals surface area contributed by atoms with Crippen LogP contribution in [0.1, 0.15) is 28.9 Å². The number of nitrogens with zero attached hydrogens (tertiary/aromatic N) is 5. The number of amides is 1. The van der Waals surface area contributed by atoms with Gasteiger partial charge in [-0.15, -0.1) is 5.10 Å². The first-order valence-corrected chi connectivity index (χ1v) is 13.5. The molecule has 1 saturated heterocycles. The number of aryl methyl sites for hydroxylation is 1. The molecule has 1 fully saturated rings. The minimum atomic E-state index is -1.14. The second-order valence-corrected chi connectivity index (χ2v) is 9.87. The Morgan fingerprint density at radius 2 is 2.02 bits per heavy atom. The fourth-order valence-corrected chi connectivity index (χ4v) is 4.53. The number of hydrogen-bond donors (Lipinski definition) is 1. The summed E-state index contributed by atoms with van der Waals surface area (Å²) >= 11 is 7.07. The summed E-state index contributed by atoms with van der Waals surface area (Å²) in [5.41, 5.74) is 1.76. The van der Waals surface area contributed by atoms with Crippen molar-refractivity contribution < 1.29 is 43.2 Å². The minimum Gasteiger partial charge on any atom is -0.494 e. The summed E-state index contributed by atoms with van der Waals surface area (Å²) in [6, 6.07) is 3.26. The van der Waals surface area contributed by atoms with Gasteiger partial charge in [-0.2, -0.15) is 9.67 Å². The van der Waals surface area contributed by atoms with Crippen LogP contribution in [-0.2, 0) is 30.5 Å². The van der Waals surface area contributed by atoms with E-state index in [0.29, 0.717) is 42.4 Å². The minimum absolute atomic E-state index is 0.0584. The largest absolute Gasteiger partial charge is 0.494 e. The van der Waals surface area contributed by atoms with E-state index >= 15 is 0 Å². The molecule has 1 aliphatic heterocycles. The van der Waals surface area contributed by atoms with Crippen molar-refractivity contribution in [3.63, 3.8) is 0 Å². The standard InChI is InChI=1S/C25H26ClN5O9S/c1-14-7-16(17-8-20(26)28-10-19(17)36-2)18(9-27-14)23(35)29-24-31(13-40-22(34)4-3-21(32)33)30-25(41-24)39-12-15-11-37-5-6-38-15/h7-10,15H,3-6,11-13H2,1-2H3,(H,32,33)/t15-/m1/s1. The first kappa shape index (κ1) is 30.0. The van der Waals surface area contributed by atoms with Crippen LogP contribution in [0.25, 0.3) is 11.1 Å². The number of ether oxygens (including phenoxy) is 5. The van der Waals surface area contributed by atoms with Crippen molar-refractivity contribution in [2.24, 2.45) is 4.99 Å². The molecule has 3 aromatic rings. The number of rotatable bonds is 11. The number of halogens is 1. The quantitative estimate of drug-likeness (QED) is 0.249. The van der Waals surface area contributed by atoms with E-state index in [-0.39, 0.29) is 46.3 Å². The van der Waals surface area contributed by atoms with Crippen LogP contribution in [0.5, 0.6) is 10.9 Å². The zero-order valence-corrected chi connectivity index (χ0v) is 23.6. The third kappa shape index (κ3) is 8.29. The monoisotopic (exact) mass is 607 g/mol. The molecule has 0 unspecified atom stereocenters. The molecule has 0 aromatic carbocycles. The molecule has 218 valence electrons. The molecule has 1 aliphatic rings. The molecule has 3 aromatic heterocycles. The molecular weight excluding hydrogens is 582 g/mol. The highest BCUT2D eigenvalue weighted by atomic mass is 35.5. The highest BCUT2D eigenvalue weighted by Gasteiger charge is 2.20. The molecule has 0 saturated carbocycles. The van der Waals surface area contributed by atoms with Gasteiger partial charge >= 0.3 is 11.9 Å². The van der Waals surface area contributed by atoms with Crippen LogP contribution in [0.3, 0.4) is 0 Å². The predicted molar refractivity (Wildman–Crippen MR) is 143 cm³/mol. The number of aliphatic carboxylic acids is 1. The van der Waals surface area contributed by atoms with Gasteiger partial charge in [-0.3, -0.25) is 19.4 Å². The average molecular weight is 608 g/mol. The summed E-state index contributed by atoms with van der Waals surface area (Å²) in [7, 11) is 1.47. The van der Waals surface area contributed by atoms with Crippen molar-refractivity contribution in [1.29, 1.82) is 0 Å². The first-order valence-electron chi connectivity index (χ1n) is 12.3. The maximum atomic E-state index is 13.5. The Labute approximate surface area is 242 Å². The molecule has 14 nitrogen and oxygen atoms in total. The van der Waals surface area contributed by atoms with Crippen LogP contribution in [0.4, 0.5) is 0 Å². The van der Waals surface area contributed by atoms with Gasteiger partial charge in [0.15, 0.2) is 6.73 Å². The SMILES string of the molecule is COc1cnc(Cl)cc1-c1cc(C)ncc1C(=O)N=c1sc(OC[C@H]2COCCO2)nn1COC(=O)CCC(=O)O. The average Bonchev–Trinajstić information content (AvgIpc) is 3.35. The van der Waals surface area contributed by atoms with E-state index in [0.717, 1.165) is 11.3 Å².